The quantitative estimate of drug-likeness (QED) is 0.468. The number of carbonyl (C=O) groups is 1. The first-order valence-electron chi connectivity index (χ1n) is 7.57. The maximum absolute atomic E-state index is 12.6. The predicted octanol–water partition coefficient (Wildman–Crippen LogP) is 3.29. The topological polar surface area (TPSA) is 72.8 Å². The summed E-state index contributed by atoms with van der Waals surface area (Å²) in [6.07, 6.45) is 1.41. The lowest BCUT2D eigenvalue weighted by Crippen LogP contribution is -2.08. The van der Waals surface area contributed by atoms with E-state index in [4.69, 9.17) is 0 Å². The highest BCUT2D eigenvalue weighted by Crippen LogP contribution is 2.16. The van der Waals surface area contributed by atoms with E-state index in [-0.39, 0.29) is 16.2 Å². The summed E-state index contributed by atoms with van der Waals surface area (Å²) in [6.45, 7) is 3.42. The number of aryl methyl sites for hydroxylation is 1. The number of rotatable bonds is 5. The molecule has 2 rings (SSSR count). The molecule has 0 amide bonds. The molecule has 0 saturated carbocycles. The zero-order valence-electron chi connectivity index (χ0n) is 14.3. The lowest BCUT2D eigenvalue weighted by atomic mass is 10.1. The van der Waals surface area contributed by atoms with Gasteiger partial charge in [0.2, 0.25) is 0 Å². The van der Waals surface area contributed by atoms with E-state index in [0.29, 0.717) is 5.56 Å². The summed E-state index contributed by atoms with van der Waals surface area (Å²) in [6, 6.07) is 15.2. The first-order chi connectivity index (χ1) is 11.8. The summed E-state index contributed by atoms with van der Waals surface area (Å²) in [7, 11) is -2.65. The molecule has 0 heterocycles. The Morgan fingerprint density at radius 2 is 1.64 bits per heavy atom. The van der Waals surface area contributed by atoms with Crippen LogP contribution in [0.5, 0.6) is 0 Å². The minimum Gasteiger partial charge on any atom is -0.466 e. The van der Waals surface area contributed by atoms with E-state index in [1.807, 2.05) is 13.0 Å². The number of methoxy groups -OCH3 is 1. The Hall–Kier alpha value is -2.73. The molecule has 0 aliphatic heterocycles. The molecule has 25 heavy (non-hydrogen) atoms. The molecular weight excluding hydrogens is 338 g/mol. The van der Waals surface area contributed by atoms with E-state index >= 15 is 0 Å². The number of benzene rings is 2. The molecule has 130 valence electrons. The molecule has 0 spiro atoms. The first kappa shape index (κ1) is 18.6. The second-order valence-electron chi connectivity index (χ2n) is 5.45. The van der Waals surface area contributed by atoms with Crippen molar-refractivity contribution in [3.05, 3.63) is 77.4 Å². The minimum atomic E-state index is -3.91. The van der Waals surface area contributed by atoms with E-state index in [0.717, 1.165) is 5.56 Å². The second-order valence-corrected chi connectivity index (χ2v) is 7.05. The standard InChI is InChI=1S/C19H19NO4S/c1-14-9-11-17(12-10-14)25(22,23)20-18(13-15(2)19(21)24-3)16-7-5-4-6-8-16/h4-13H,1-3H3/b15-13+,20-18?. The Morgan fingerprint density at radius 3 is 2.20 bits per heavy atom. The SMILES string of the molecule is COC(=O)/C(C)=C/C(=NS(=O)(=O)c1ccc(C)cc1)c1ccccc1. The van der Waals surface area contributed by atoms with Gasteiger partial charge >= 0.3 is 5.97 Å². The van der Waals surface area contributed by atoms with Gasteiger partial charge in [-0.05, 0) is 32.1 Å². The van der Waals surface area contributed by atoms with Crippen LogP contribution >= 0.6 is 0 Å². The van der Waals surface area contributed by atoms with Crippen molar-refractivity contribution in [3.63, 3.8) is 0 Å². The molecule has 2 aromatic rings. The van der Waals surface area contributed by atoms with Gasteiger partial charge in [-0.3, -0.25) is 0 Å². The van der Waals surface area contributed by atoms with Gasteiger partial charge in [-0.15, -0.1) is 0 Å². The number of esters is 1. The average Bonchev–Trinajstić information content (AvgIpc) is 2.61. The fraction of sp³-hybridized carbons (Fsp3) is 0.158. The number of nitrogens with zero attached hydrogens (tertiary/aromatic N) is 1. The molecule has 0 unspecified atom stereocenters. The zero-order valence-corrected chi connectivity index (χ0v) is 15.1. The second kappa shape index (κ2) is 7.90. The first-order valence-corrected chi connectivity index (χ1v) is 9.01. The monoisotopic (exact) mass is 357 g/mol. The molecule has 0 N–H and O–H groups in total. The van der Waals surface area contributed by atoms with Crippen LogP contribution < -0.4 is 0 Å². The largest absolute Gasteiger partial charge is 0.466 e. The molecule has 0 bridgehead atoms. The fourth-order valence-corrected chi connectivity index (χ4v) is 3.09. The molecule has 0 aliphatic carbocycles. The summed E-state index contributed by atoms with van der Waals surface area (Å²) in [5.41, 5.74) is 1.96. The summed E-state index contributed by atoms with van der Waals surface area (Å²) in [5.74, 6) is -0.545. The van der Waals surface area contributed by atoms with Crippen LogP contribution in [-0.4, -0.2) is 27.2 Å². The predicted molar refractivity (Wildman–Crippen MR) is 97.1 cm³/mol. The van der Waals surface area contributed by atoms with E-state index in [2.05, 4.69) is 9.13 Å². The Balaban J connectivity index is 2.56. The number of ether oxygens (including phenoxy) is 1. The molecule has 0 aliphatic rings. The van der Waals surface area contributed by atoms with Crippen LogP contribution in [0.4, 0.5) is 0 Å². The Kier molecular flexibility index (Phi) is 5.88. The maximum atomic E-state index is 12.6. The van der Waals surface area contributed by atoms with E-state index < -0.39 is 16.0 Å². The summed E-state index contributed by atoms with van der Waals surface area (Å²) >= 11 is 0. The zero-order chi connectivity index (χ0) is 18.4. The molecule has 0 radical (unpaired) electrons. The minimum absolute atomic E-state index is 0.0932. The third-order valence-corrected chi connectivity index (χ3v) is 4.77. The van der Waals surface area contributed by atoms with Crippen LogP contribution in [-0.2, 0) is 19.6 Å². The number of hydrogen-bond donors (Lipinski definition) is 0. The average molecular weight is 357 g/mol. The molecular formula is C19H19NO4S. The maximum Gasteiger partial charge on any atom is 0.333 e. The number of allylic oxidation sites excluding steroid dienone is 1. The van der Waals surface area contributed by atoms with Gasteiger partial charge in [0.05, 0.1) is 17.7 Å². The highest BCUT2D eigenvalue weighted by Gasteiger charge is 2.15. The molecule has 2 aromatic carbocycles. The molecule has 0 atom stereocenters. The summed E-state index contributed by atoms with van der Waals surface area (Å²) < 4.78 is 33.8. The van der Waals surface area contributed by atoms with Crippen molar-refractivity contribution in [3.8, 4) is 0 Å². The van der Waals surface area contributed by atoms with Crippen LogP contribution in [0.3, 0.4) is 0 Å². The van der Waals surface area contributed by atoms with E-state index in [1.54, 1.807) is 43.3 Å². The van der Waals surface area contributed by atoms with E-state index in [9.17, 15) is 13.2 Å². The van der Waals surface area contributed by atoms with Crippen LogP contribution in [0, 0.1) is 6.92 Å². The van der Waals surface area contributed by atoms with Gasteiger partial charge in [-0.25, -0.2) is 4.79 Å². The van der Waals surface area contributed by atoms with Gasteiger partial charge in [0.25, 0.3) is 10.0 Å². The molecule has 0 saturated heterocycles. The van der Waals surface area contributed by atoms with Gasteiger partial charge in [-0.1, -0.05) is 48.0 Å². The number of sulfonamides is 1. The van der Waals surface area contributed by atoms with Crippen molar-refractivity contribution < 1.29 is 17.9 Å². The van der Waals surface area contributed by atoms with Crippen LogP contribution in [0.2, 0.25) is 0 Å². The lowest BCUT2D eigenvalue weighted by molar-refractivity contribution is -0.136. The normalized spacial score (nSPS) is 12.8. The van der Waals surface area contributed by atoms with Gasteiger partial charge in [0.15, 0.2) is 0 Å². The third kappa shape index (κ3) is 4.87. The fourth-order valence-electron chi connectivity index (χ4n) is 2.09. The van der Waals surface area contributed by atoms with Crippen molar-refractivity contribution in [2.75, 3.05) is 7.11 Å². The van der Waals surface area contributed by atoms with Gasteiger partial charge < -0.3 is 4.74 Å². The van der Waals surface area contributed by atoms with Crippen molar-refractivity contribution in [2.24, 2.45) is 4.40 Å². The van der Waals surface area contributed by atoms with Crippen LogP contribution in [0.1, 0.15) is 18.1 Å². The van der Waals surface area contributed by atoms with Gasteiger partial charge in [0.1, 0.15) is 0 Å². The van der Waals surface area contributed by atoms with Crippen molar-refractivity contribution >= 4 is 21.7 Å². The Morgan fingerprint density at radius 1 is 1.04 bits per heavy atom. The number of hydrogen-bond acceptors (Lipinski definition) is 4. The highest BCUT2D eigenvalue weighted by atomic mass is 32.2. The summed E-state index contributed by atoms with van der Waals surface area (Å²) in [5, 5.41) is 0. The molecule has 0 fully saturated rings. The molecule has 0 aromatic heterocycles. The Labute approximate surface area is 147 Å². The van der Waals surface area contributed by atoms with Crippen molar-refractivity contribution in [1.29, 1.82) is 0 Å². The van der Waals surface area contributed by atoms with Crippen molar-refractivity contribution in [1.82, 2.24) is 0 Å². The smallest absolute Gasteiger partial charge is 0.333 e. The number of carbonyl (C=O) groups excluding carboxylic acids is 1. The van der Waals surface area contributed by atoms with Gasteiger partial charge in [0, 0.05) is 11.1 Å². The van der Waals surface area contributed by atoms with Gasteiger partial charge in [-0.2, -0.15) is 12.8 Å². The Bertz CT molecular complexity index is 912. The molecule has 6 heteroatoms. The lowest BCUT2D eigenvalue weighted by Gasteiger charge is -2.06. The third-order valence-electron chi connectivity index (χ3n) is 3.47. The van der Waals surface area contributed by atoms with Crippen LogP contribution in [0.15, 0.2) is 75.5 Å². The molecule has 5 nitrogen and oxygen atoms in total. The highest BCUT2D eigenvalue weighted by molar-refractivity contribution is 7.90. The van der Waals surface area contributed by atoms with Crippen LogP contribution in [0.25, 0.3) is 0 Å². The van der Waals surface area contributed by atoms with Crippen molar-refractivity contribution in [2.45, 2.75) is 18.7 Å². The van der Waals surface area contributed by atoms with E-state index in [1.165, 1.54) is 25.3 Å². The summed E-state index contributed by atoms with van der Waals surface area (Å²) in [4.78, 5) is 11.7.